The molecule has 30 heavy (non-hydrogen) atoms. The highest BCUT2D eigenvalue weighted by Crippen LogP contribution is 2.30. The summed E-state index contributed by atoms with van der Waals surface area (Å²) in [5.41, 5.74) is 4.53. The number of allylic oxidation sites excluding steroid dienone is 1. The molecule has 4 N–H and O–H groups in total. The predicted octanol–water partition coefficient (Wildman–Crippen LogP) is 1.19. The smallest absolute Gasteiger partial charge is 0.405 e. The van der Waals surface area contributed by atoms with E-state index in [9.17, 15) is 19.5 Å². The fourth-order valence-electron chi connectivity index (χ4n) is 2.99. The van der Waals surface area contributed by atoms with E-state index < -0.39 is 36.1 Å². The Kier molecular flexibility index (Phi) is 5.83. The van der Waals surface area contributed by atoms with E-state index in [2.05, 4.69) is 5.32 Å². The van der Waals surface area contributed by atoms with Crippen molar-refractivity contribution in [2.75, 3.05) is 12.4 Å². The molecule has 0 radical (unpaired) electrons. The molecule has 0 fully saturated rings. The summed E-state index contributed by atoms with van der Waals surface area (Å²) >= 11 is 0. The Bertz CT molecular complexity index is 1080. The molecule has 3 rings (SSSR count). The highest BCUT2D eigenvalue weighted by molar-refractivity contribution is 5.91. The quantitative estimate of drug-likeness (QED) is 0.604. The van der Waals surface area contributed by atoms with E-state index in [0.29, 0.717) is 5.39 Å². The predicted molar refractivity (Wildman–Crippen MR) is 102 cm³/mol. The lowest BCUT2D eigenvalue weighted by Crippen LogP contribution is -2.50. The third-order valence-corrected chi connectivity index (χ3v) is 4.23. The Morgan fingerprint density at radius 3 is 2.63 bits per heavy atom. The summed E-state index contributed by atoms with van der Waals surface area (Å²) in [6.07, 6.45) is -5.08. The first-order chi connectivity index (χ1) is 14.2. The number of aliphatic hydroxyl groups is 1. The number of nitrogens with two attached hydrogens (primary N) is 1. The van der Waals surface area contributed by atoms with Crippen molar-refractivity contribution >= 4 is 28.7 Å². The van der Waals surface area contributed by atoms with Crippen LogP contribution in [0.2, 0.25) is 0 Å². The Balaban J connectivity index is 1.91. The number of methoxy groups -OCH3 is 1. The Morgan fingerprint density at radius 1 is 1.27 bits per heavy atom. The lowest BCUT2D eigenvalue weighted by atomic mass is 10.1. The number of rotatable bonds is 5. The molecule has 1 aromatic heterocycles. The minimum Gasteiger partial charge on any atom is -0.495 e. The first kappa shape index (κ1) is 21.0. The highest BCUT2D eigenvalue weighted by atomic mass is 16.7. The highest BCUT2D eigenvalue weighted by Gasteiger charge is 2.43. The van der Waals surface area contributed by atoms with Gasteiger partial charge < -0.3 is 39.5 Å². The van der Waals surface area contributed by atoms with Crippen molar-refractivity contribution in [2.24, 2.45) is 5.73 Å². The minimum absolute atomic E-state index is 0.00480. The summed E-state index contributed by atoms with van der Waals surface area (Å²) in [4.78, 5) is 34.5. The van der Waals surface area contributed by atoms with Crippen molar-refractivity contribution in [1.82, 2.24) is 0 Å². The largest absolute Gasteiger partial charge is 0.495 e. The van der Waals surface area contributed by atoms with Crippen LogP contribution in [0.5, 0.6) is 5.75 Å². The first-order valence-corrected chi connectivity index (χ1v) is 8.77. The van der Waals surface area contributed by atoms with Gasteiger partial charge in [0.05, 0.1) is 7.11 Å². The zero-order chi connectivity index (χ0) is 22.0. The van der Waals surface area contributed by atoms with Crippen molar-refractivity contribution in [3.05, 3.63) is 46.2 Å². The second-order valence-corrected chi connectivity index (χ2v) is 6.40. The number of primary amides is 1. The van der Waals surface area contributed by atoms with Gasteiger partial charge >= 0.3 is 11.7 Å². The Morgan fingerprint density at radius 2 is 2.00 bits per heavy atom. The molecule has 0 bridgehead atoms. The van der Waals surface area contributed by atoms with Crippen molar-refractivity contribution < 1.29 is 38.1 Å². The van der Waals surface area contributed by atoms with Crippen molar-refractivity contribution in [3.63, 3.8) is 0 Å². The number of amides is 2. The number of benzene rings is 1. The van der Waals surface area contributed by atoms with Crippen LogP contribution < -0.4 is 21.4 Å². The lowest BCUT2D eigenvalue weighted by Gasteiger charge is -2.35. The van der Waals surface area contributed by atoms with Gasteiger partial charge in [0.25, 0.3) is 6.29 Å². The van der Waals surface area contributed by atoms with Gasteiger partial charge in [0.15, 0.2) is 11.9 Å². The van der Waals surface area contributed by atoms with E-state index in [1.165, 1.54) is 26.2 Å². The van der Waals surface area contributed by atoms with Crippen LogP contribution >= 0.6 is 0 Å². The molecule has 1 aliphatic heterocycles. The second kappa shape index (κ2) is 8.33. The van der Waals surface area contributed by atoms with Gasteiger partial charge in [-0.2, -0.15) is 0 Å². The van der Waals surface area contributed by atoms with Gasteiger partial charge in [0, 0.05) is 18.4 Å². The van der Waals surface area contributed by atoms with Crippen molar-refractivity contribution in [3.8, 4) is 5.75 Å². The molecule has 11 nitrogen and oxygen atoms in total. The fraction of sp³-hybridized carbons (Fsp3) is 0.316. The molecule has 11 heteroatoms. The number of fused-ring (bicyclic) bond motifs is 1. The van der Waals surface area contributed by atoms with Gasteiger partial charge in [-0.15, -0.1) is 0 Å². The Hall–Kier alpha value is -3.73. The van der Waals surface area contributed by atoms with Crippen molar-refractivity contribution in [2.45, 2.75) is 32.3 Å². The zero-order valence-electron chi connectivity index (χ0n) is 16.3. The average molecular weight is 420 g/mol. The number of ether oxygens (including phenoxy) is 4. The molecule has 1 unspecified atom stereocenters. The number of carbonyl (C=O) groups excluding carboxylic acids is 2. The number of carbonyl (C=O) groups is 2. The van der Waals surface area contributed by atoms with E-state index in [-0.39, 0.29) is 28.5 Å². The van der Waals surface area contributed by atoms with Crippen LogP contribution in [-0.2, 0) is 19.0 Å². The molecule has 0 saturated carbocycles. The molecule has 2 heterocycles. The maximum absolute atomic E-state index is 12.0. The number of nitrogens with one attached hydrogen (secondary N) is 1. The van der Waals surface area contributed by atoms with Crippen molar-refractivity contribution in [1.29, 1.82) is 0 Å². The number of aliphatic hydroxyl groups excluding tert-OH is 1. The van der Waals surface area contributed by atoms with Gasteiger partial charge in [0.2, 0.25) is 12.0 Å². The molecule has 1 aliphatic rings. The average Bonchev–Trinajstić information content (AvgIpc) is 2.65. The van der Waals surface area contributed by atoms with E-state index in [0.717, 1.165) is 0 Å². The molecule has 2 amide bonds. The normalized spacial score (nSPS) is 21.0. The molecular formula is C19H20N2O9. The number of hydrogen-bond donors (Lipinski definition) is 3. The molecule has 3 atom stereocenters. The number of anilines is 1. The van der Waals surface area contributed by atoms with Crippen LogP contribution in [0.1, 0.15) is 13.8 Å². The minimum atomic E-state index is -1.38. The lowest BCUT2D eigenvalue weighted by molar-refractivity contribution is -0.174. The third kappa shape index (κ3) is 4.30. The van der Waals surface area contributed by atoms with Crippen LogP contribution in [-0.4, -0.2) is 42.7 Å². The summed E-state index contributed by atoms with van der Waals surface area (Å²) < 4.78 is 26.5. The van der Waals surface area contributed by atoms with Gasteiger partial charge in [-0.05, 0) is 25.1 Å². The molecule has 2 aromatic rings. The van der Waals surface area contributed by atoms with Gasteiger partial charge in [-0.3, -0.25) is 4.79 Å². The summed E-state index contributed by atoms with van der Waals surface area (Å²) in [7, 11) is 1.33. The molecular weight excluding hydrogens is 400 g/mol. The molecule has 0 saturated heterocycles. The Labute approximate surface area is 169 Å². The van der Waals surface area contributed by atoms with Gasteiger partial charge in [-0.25, -0.2) is 9.59 Å². The summed E-state index contributed by atoms with van der Waals surface area (Å²) in [6, 6.07) is 6.01. The van der Waals surface area contributed by atoms with Crippen LogP contribution in [0.3, 0.4) is 0 Å². The maximum atomic E-state index is 12.0. The molecule has 1 aromatic carbocycles. The zero-order valence-corrected chi connectivity index (χ0v) is 16.3. The van der Waals surface area contributed by atoms with Crippen LogP contribution in [0.15, 0.2) is 45.0 Å². The molecule has 0 spiro atoms. The summed E-state index contributed by atoms with van der Waals surface area (Å²) in [5.74, 6) is 0.0820. The van der Waals surface area contributed by atoms with Crippen LogP contribution in [0, 0.1) is 0 Å². The van der Waals surface area contributed by atoms with Crippen LogP contribution in [0.4, 0.5) is 10.5 Å². The molecule has 0 aliphatic carbocycles. The third-order valence-electron chi connectivity index (χ3n) is 4.23. The van der Waals surface area contributed by atoms with E-state index in [1.807, 2.05) is 0 Å². The maximum Gasteiger partial charge on any atom is 0.405 e. The topological polar surface area (TPSA) is 160 Å². The monoisotopic (exact) mass is 420 g/mol. The summed E-state index contributed by atoms with van der Waals surface area (Å²) in [5, 5.41) is 13.4. The fourth-order valence-corrected chi connectivity index (χ4v) is 2.99. The second-order valence-electron chi connectivity index (χ2n) is 6.40. The van der Waals surface area contributed by atoms with Gasteiger partial charge in [-0.1, -0.05) is 0 Å². The van der Waals surface area contributed by atoms with E-state index in [1.54, 1.807) is 19.1 Å². The number of hydrogen-bond acceptors (Lipinski definition) is 9. The summed E-state index contributed by atoms with van der Waals surface area (Å²) in [6.45, 7) is 2.82. The standard InChI is InChI=1S/C19H20N2O9/c1-8-15(26-3)14(23)16(30-19(20)25)18(27-8)28-11-5-4-10-6-12(21-9(2)22)17(24)29-13(10)7-11/h4-7,14,16,18,23H,1-3H3,(H2,20,25)(H,21,22)/t14-,16-,18?/m0/s1. The molecule has 160 valence electrons. The van der Waals surface area contributed by atoms with E-state index >= 15 is 0 Å². The van der Waals surface area contributed by atoms with Gasteiger partial charge in [0.1, 0.15) is 22.8 Å². The van der Waals surface area contributed by atoms with E-state index in [4.69, 9.17) is 29.1 Å². The SMILES string of the molecule is COC1=C(C)OC(Oc2ccc3cc(NC(C)=O)c(=O)oc3c2)[C@@H](OC(N)=O)[C@H]1O. The first-order valence-electron chi connectivity index (χ1n) is 8.77. The van der Waals surface area contributed by atoms with Crippen LogP contribution in [0.25, 0.3) is 11.0 Å².